The fraction of sp³-hybridized carbons (Fsp3) is 0.200. The number of nitrogens with one attached hydrogen (secondary N) is 1. The number of benzene rings is 2. The molecular weight excluding hydrogens is 295 g/mol. The number of hydrogen-bond donors (Lipinski definition) is 2. The lowest BCUT2D eigenvalue weighted by Gasteiger charge is -2.17. The predicted molar refractivity (Wildman–Crippen MR) is 83.2 cm³/mol. The van der Waals surface area contributed by atoms with E-state index in [4.69, 9.17) is 33.8 Å². The molecule has 0 aliphatic rings. The first-order chi connectivity index (χ1) is 9.63. The van der Waals surface area contributed by atoms with Gasteiger partial charge in [0.05, 0.1) is 23.2 Å². The molecule has 0 aliphatic carbocycles. The number of hydrazine groups is 1. The third-order valence-electron chi connectivity index (χ3n) is 3.12. The zero-order valence-electron chi connectivity index (χ0n) is 11.1. The van der Waals surface area contributed by atoms with Crippen LogP contribution in [0.25, 0.3) is 0 Å². The van der Waals surface area contributed by atoms with Crippen molar-refractivity contribution in [1.82, 2.24) is 5.43 Å². The number of halogens is 2. The molecule has 1 unspecified atom stereocenters. The molecule has 0 radical (unpaired) electrons. The van der Waals surface area contributed by atoms with Crippen molar-refractivity contribution in [3.63, 3.8) is 0 Å². The zero-order chi connectivity index (χ0) is 14.5. The smallest absolute Gasteiger partial charge is 0.119 e. The summed E-state index contributed by atoms with van der Waals surface area (Å²) in [5, 5.41) is 1.10. The molecule has 20 heavy (non-hydrogen) atoms. The van der Waals surface area contributed by atoms with Crippen LogP contribution in [0.4, 0.5) is 0 Å². The van der Waals surface area contributed by atoms with E-state index in [-0.39, 0.29) is 6.04 Å². The molecule has 2 aromatic rings. The fourth-order valence-corrected chi connectivity index (χ4v) is 2.35. The van der Waals surface area contributed by atoms with Crippen molar-refractivity contribution in [2.45, 2.75) is 12.5 Å². The van der Waals surface area contributed by atoms with Crippen molar-refractivity contribution in [3.8, 4) is 5.75 Å². The largest absolute Gasteiger partial charge is 0.497 e. The third-order valence-corrected chi connectivity index (χ3v) is 3.86. The zero-order valence-corrected chi connectivity index (χ0v) is 12.6. The Labute approximate surface area is 128 Å². The third kappa shape index (κ3) is 3.64. The second-order valence-electron chi connectivity index (χ2n) is 4.45. The van der Waals surface area contributed by atoms with E-state index in [9.17, 15) is 0 Å². The monoisotopic (exact) mass is 310 g/mol. The van der Waals surface area contributed by atoms with E-state index < -0.39 is 0 Å². The van der Waals surface area contributed by atoms with E-state index in [2.05, 4.69) is 5.43 Å². The van der Waals surface area contributed by atoms with Gasteiger partial charge in [-0.05, 0) is 41.8 Å². The summed E-state index contributed by atoms with van der Waals surface area (Å²) >= 11 is 11.9. The highest BCUT2D eigenvalue weighted by atomic mass is 35.5. The maximum Gasteiger partial charge on any atom is 0.119 e. The number of methoxy groups -OCH3 is 1. The van der Waals surface area contributed by atoms with Crippen molar-refractivity contribution in [1.29, 1.82) is 0 Å². The van der Waals surface area contributed by atoms with E-state index >= 15 is 0 Å². The highest BCUT2D eigenvalue weighted by Crippen LogP contribution is 2.26. The summed E-state index contributed by atoms with van der Waals surface area (Å²) in [4.78, 5) is 0. The van der Waals surface area contributed by atoms with Gasteiger partial charge in [-0.15, -0.1) is 0 Å². The molecule has 0 aliphatic heterocycles. The van der Waals surface area contributed by atoms with Gasteiger partial charge in [-0.25, -0.2) is 0 Å². The van der Waals surface area contributed by atoms with Gasteiger partial charge in [0.25, 0.3) is 0 Å². The standard InChI is InChI=1S/C15H16Cl2N2O/c1-20-12-4-2-3-11(9-12)15(19-18)8-10-5-6-13(16)14(17)7-10/h2-7,9,15,19H,8,18H2,1H3. The first kappa shape index (κ1) is 15.1. The summed E-state index contributed by atoms with van der Waals surface area (Å²) < 4.78 is 5.23. The maximum atomic E-state index is 6.03. The lowest BCUT2D eigenvalue weighted by atomic mass is 9.99. The van der Waals surface area contributed by atoms with E-state index in [0.29, 0.717) is 16.5 Å². The minimum Gasteiger partial charge on any atom is -0.497 e. The molecule has 3 nitrogen and oxygen atoms in total. The summed E-state index contributed by atoms with van der Waals surface area (Å²) in [6.45, 7) is 0. The summed E-state index contributed by atoms with van der Waals surface area (Å²) in [7, 11) is 1.64. The Hall–Kier alpha value is -1.26. The number of rotatable bonds is 5. The molecule has 0 spiro atoms. The van der Waals surface area contributed by atoms with Crippen LogP contribution in [0.3, 0.4) is 0 Å². The maximum absolute atomic E-state index is 6.03. The van der Waals surface area contributed by atoms with Crippen molar-refractivity contribution in [2.75, 3.05) is 7.11 Å². The first-order valence-electron chi connectivity index (χ1n) is 6.18. The second-order valence-corrected chi connectivity index (χ2v) is 5.26. The Kier molecular flexibility index (Phi) is 5.26. The molecule has 0 heterocycles. The van der Waals surface area contributed by atoms with Crippen molar-refractivity contribution >= 4 is 23.2 Å². The highest BCUT2D eigenvalue weighted by Gasteiger charge is 2.12. The number of hydrogen-bond acceptors (Lipinski definition) is 3. The summed E-state index contributed by atoms with van der Waals surface area (Å²) in [5.41, 5.74) is 4.93. The summed E-state index contributed by atoms with van der Waals surface area (Å²) in [6.07, 6.45) is 0.709. The van der Waals surface area contributed by atoms with E-state index in [1.165, 1.54) is 0 Å². The molecule has 2 aromatic carbocycles. The molecule has 0 saturated carbocycles. The average Bonchev–Trinajstić information content (AvgIpc) is 2.48. The van der Waals surface area contributed by atoms with Crippen LogP contribution in [0.15, 0.2) is 42.5 Å². The van der Waals surface area contributed by atoms with Crippen LogP contribution < -0.4 is 16.0 Å². The van der Waals surface area contributed by atoms with Crippen molar-refractivity contribution in [2.24, 2.45) is 5.84 Å². The Morgan fingerprint density at radius 3 is 2.60 bits per heavy atom. The topological polar surface area (TPSA) is 47.3 Å². The average molecular weight is 311 g/mol. The molecule has 0 amide bonds. The van der Waals surface area contributed by atoms with Crippen molar-refractivity contribution in [3.05, 3.63) is 63.6 Å². The van der Waals surface area contributed by atoms with E-state index in [1.807, 2.05) is 36.4 Å². The van der Waals surface area contributed by atoms with Gasteiger partial charge in [-0.2, -0.15) is 0 Å². The molecule has 2 rings (SSSR count). The lowest BCUT2D eigenvalue weighted by Crippen LogP contribution is -2.29. The molecule has 0 bridgehead atoms. The molecule has 3 N–H and O–H groups in total. The molecule has 0 saturated heterocycles. The van der Waals surface area contributed by atoms with E-state index in [0.717, 1.165) is 16.9 Å². The minimum absolute atomic E-state index is 0.0256. The van der Waals surface area contributed by atoms with Crippen LogP contribution in [0, 0.1) is 0 Å². The lowest BCUT2D eigenvalue weighted by molar-refractivity contribution is 0.413. The Morgan fingerprint density at radius 1 is 1.15 bits per heavy atom. The Bertz CT molecular complexity index is 590. The number of ether oxygens (including phenoxy) is 1. The van der Waals surface area contributed by atoms with Gasteiger partial charge in [0, 0.05) is 0 Å². The molecule has 0 aromatic heterocycles. The van der Waals surface area contributed by atoms with Gasteiger partial charge in [0.1, 0.15) is 5.75 Å². The number of nitrogens with two attached hydrogens (primary N) is 1. The SMILES string of the molecule is COc1cccc(C(Cc2ccc(Cl)c(Cl)c2)NN)c1. The molecule has 106 valence electrons. The molecular formula is C15H16Cl2N2O. The minimum atomic E-state index is -0.0256. The van der Waals surface area contributed by atoms with Gasteiger partial charge in [0.2, 0.25) is 0 Å². The second kappa shape index (κ2) is 6.95. The van der Waals surface area contributed by atoms with Crippen LogP contribution >= 0.6 is 23.2 Å². The van der Waals surface area contributed by atoms with Gasteiger partial charge < -0.3 is 4.74 Å². The van der Waals surface area contributed by atoms with Crippen LogP contribution in [-0.4, -0.2) is 7.11 Å². The van der Waals surface area contributed by atoms with Gasteiger partial charge in [-0.3, -0.25) is 11.3 Å². The Morgan fingerprint density at radius 2 is 1.95 bits per heavy atom. The van der Waals surface area contributed by atoms with Crippen LogP contribution in [0.1, 0.15) is 17.2 Å². The molecule has 1 atom stereocenters. The fourth-order valence-electron chi connectivity index (χ4n) is 2.03. The van der Waals surface area contributed by atoms with Crippen LogP contribution in [0.2, 0.25) is 10.0 Å². The summed E-state index contributed by atoms with van der Waals surface area (Å²) in [6, 6.07) is 13.4. The van der Waals surface area contributed by atoms with E-state index in [1.54, 1.807) is 13.2 Å². The Balaban J connectivity index is 2.21. The van der Waals surface area contributed by atoms with Gasteiger partial charge in [-0.1, -0.05) is 41.4 Å². The molecule has 0 fully saturated rings. The molecule has 5 heteroatoms. The van der Waals surface area contributed by atoms with Crippen LogP contribution in [-0.2, 0) is 6.42 Å². The van der Waals surface area contributed by atoms with Crippen molar-refractivity contribution < 1.29 is 4.74 Å². The van der Waals surface area contributed by atoms with Gasteiger partial charge in [0.15, 0.2) is 0 Å². The first-order valence-corrected chi connectivity index (χ1v) is 6.93. The quantitative estimate of drug-likeness (QED) is 0.653. The normalized spacial score (nSPS) is 12.2. The highest BCUT2D eigenvalue weighted by molar-refractivity contribution is 6.42. The predicted octanol–water partition coefficient (Wildman–Crippen LogP) is 3.75. The summed E-state index contributed by atoms with van der Waals surface area (Å²) in [5.74, 6) is 6.46. The van der Waals surface area contributed by atoms with Gasteiger partial charge >= 0.3 is 0 Å². The van der Waals surface area contributed by atoms with Crippen LogP contribution in [0.5, 0.6) is 5.75 Å².